The molecule has 0 aliphatic carbocycles. The van der Waals surface area contributed by atoms with Gasteiger partial charge in [0.25, 0.3) is 0 Å². The van der Waals surface area contributed by atoms with Gasteiger partial charge < -0.3 is 15.7 Å². The average molecular weight is 223 g/mol. The Morgan fingerprint density at radius 2 is 2.19 bits per heavy atom. The normalized spacial score (nSPS) is 12.6. The molecule has 0 saturated heterocycles. The lowest BCUT2D eigenvalue weighted by atomic mass is 10.0. The third-order valence-electron chi connectivity index (χ3n) is 2.61. The Kier molecular flexibility index (Phi) is 5.05. The van der Waals surface area contributed by atoms with E-state index in [9.17, 15) is 0 Å². The second-order valence-electron chi connectivity index (χ2n) is 4.19. The van der Waals surface area contributed by atoms with Gasteiger partial charge in [0.2, 0.25) is 0 Å². The predicted molar refractivity (Wildman–Crippen MR) is 67.7 cm³/mol. The van der Waals surface area contributed by atoms with Crippen LogP contribution in [0.15, 0.2) is 18.3 Å². The molecular weight excluding hydrogens is 202 g/mol. The number of hydrogen-bond donors (Lipinski definition) is 3. The van der Waals surface area contributed by atoms with Crippen LogP contribution in [0.3, 0.4) is 0 Å². The van der Waals surface area contributed by atoms with Gasteiger partial charge in [-0.15, -0.1) is 0 Å². The van der Waals surface area contributed by atoms with Crippen LogP contribution in [0.4, 0.5) is 11.5 Å². The summed E-state index contributed by atoms with van der Waals surface area (Å²) in [6.45, 7) is 4.50. The number of aromatic nitrogens is 1. The van der Waals surface area contributed by atoms with E-state index in [1.807, 2.05) is 19.2 Å². The van der Waals surface area contributed by atoms with Crippen molar-refractivity contribution >= 4 is 11.5 Å². The van der Waals surface area contributed by atoms with Crippen molar-refractivity contribution in [3.63, 3.8) is 0 Å². The van der Waals surface area contributed by atoms with Crippen molar-refractivity contribution in [2.75, 3.05) is 24.3 Å². The molecule has 4 nitrogen and oxygen atoms in total. The Bertz CT molecular complexity index is 315. The van der Waals surface area contributed by atoms with E-state index < -0.39 is 0 Å². The van der Waals surface area contributed by atoms with Crippen LogP contribution in [0.2, 0.25) is 0 Å². The lowest BCUT2D eigenvalue weighted by Crippen LogP contribution is -2.26. The second-order valence-corrected chi connectivity index (χ2v) is 4.19. The monoisotopic (exact) mass is 223 g/mol. The van der Waals surface area contributed by atoms with Gasteiger partial charge in [0, 0.05) is 37.6 Å². The van der Waals surface area contributed by atoms with Crippen LogP contribution in [0.5, 0.6) is 0 Å². The zero-order valence-corrected chi connectivity index (χ0v) is 10.2. The Morgan fingerprint density at radius 3 is 2.75 bits per heavy atom. The van der Waals surface area contributed by atoms with Crippen molar-refractivity contribution in [3.8, 4) is 0 Å². The smallest absolute Gasteiger partial charge is 0.127 e. The van der Waals surface area contributed by atoms with Gasteiger partial charge in [-0.25, -0.2) is 4.98 Å². The fraction of sp³-hybridized carbons (Fsp3) is 0.583. The van der Waals surface area contributed by atoms with Crippen LogP contribution in [0.25, 0.3) is 0 Å². The minimum absolute atomic E-state index is 0.208. The van der Waals surface area contributed by atoms with Gasteiger partial charge in [0.1, 0.15) is 5.82 Å². The minimum Gasteiger partial charge on any atom is -0.396 e. The summed E-state index contributed by atoms with van der Waals surface area (Å²) in [6, 6.07) is 4.19. The Morgan fingerprint density at radius 1 is 1.44 bits per heavy atom. The highest BCUT2D eigenvalue weighted by Crippen LogP contribution is 2.17. The van der Waals surface area contributed by atoms with Gasteiger partial charge >= 0.3 is 0 Å². The van der Waals surface area contributed by atoms with Crippen molar-refractivity contribution in [1.29, 1.82) is 0 Å². The Hall–Kier alpha value is -1.29. The molecule has 1 aromatic heterocycles. The molecule has 16 heavy (non-hydrogen) atoms. The lowest BCUT2D eigenvalue weighted by molar-refractivity contribution is 0.267. The number of nitrogens with zero attached hydrogens (tertiary/aromatic N) is 1. The summed E-state index contributed by atoms with van der Waals surface area (Å²) >= 11 is 0. The van der Waals surface area contributed by atoms with Gasteiger partial charge in [-0.05, 0) is 18.4 Å². The number of aliphatic hydroxyl groups excluding tert-OH is 1. The molecule has 1 rings (SSSR count). The number of hydrogen-bond acceptors (Lipinski definition) is 4. The molecule has 0 aliphatic rings. The quantitative estimate of drug-likeness (QED) is 0.690. The maximum absolute atomic E-state index is 9.00. The first-order chi connectivity index (χ1) is 7.67. The number of aliphatic hydroxyl groups is 1. The number of rotatable bonds is 6. The summed E-state index contributed by atoms with van der Waals surface area (Å²) in [7, 11) is 1.85. The molecule has 0 radical (unpaired) electrons. The molecule has 3 N–H and O–H groups in total. The van der Waals surface area contributed by atoms with E-state index in [4.69, 9.17) is 5.11 Å². The second kappa shape index (κ2) is 6.33. The highest BCUT2D eigenvalue weighted by molar-refractivity contribution is 5.52. The number of nitrogens with one attached hydrogen (secondary N) is 2. The predicted octanol–water partition coefficient (Wildman–Crippen LogP) is 1.94. The third kappa shape index (κ3) is 3.70. The Labute approximate surface area is 97.1 Å². The van der Waals surface area contributed by atoms with Crippen LogP contribution >= 0.6 is 0 Å². The van der Waals surface area contributed by atoms with Crippen LogP contribution in [0, 0.1) is 5.92 Å². The van der Waals surface area contributed by atoms with Gasteiger partial charge in [0.05, 0.1) is 0 Å². The molecule has 0 amide bonds. The van der Waals surface area contributed by atoms with Crippen molar-refractivity contribution in [2.24, 2.45) is 5.92 Å². The number of pyridine rings is 1. The van der Waals surface area contributed by atoms with Gasteiger partial charge in [-0.2, -0.15) is 0 Å². The fourth-order valence-electron chi connectivity index (χ4n) is 1.58. The van der Waals surface area contributed by atoms with Crippen molar-refractivity contribution in [3.05, 3.63) is 18.3 Å². The highest BCUT2D eigenvalue weighted by atomic mass is 16.3. The molecular formula is C12H21N3O. The molecule has 0 saturated carbocycles. The average Bonchev–Trinajstić information content (AvgIpc) is 2.28. The van der Waals surface area contributed by atoms with Gasteiger partial charge in [-0.3, -0.25) is 0 Å². The molecule has 0 spiro atoms. The van der Waals surface area contributed by atoms with E-state index in [0.29, 0.717) is 5.92 Å². The third-order valence-corrected chi connectivity index (χ3v) is 2.61. The molecule has 0 aliphatic heterocycles. The highest BCUT2D eigenvalue weighted by Gasteiger charge is 2.12. The van der Waals surface area contributed by atoms with Crippen LogP contribution in [-0.4, -0.2) is 29.8 Å². The van der Waals surface area contributed by atoms with Crippen LogP contribution in [0.1, 0.15) is 20.3 Å². The summed E-state index contributed by atoms with van der Waals surface area (Å²) in [5.74, 6) is 1.33. The van der Waals surface area contributed by atoms with Gasteiger partial charge in [0.15, 0.2) is 0 Å². The number of anilines is 2. The van der Waals surface area contributed by atoms with Crippen molar-refractivity contribution in [1.82, 2.24) is 4.98 Å². The van der Waals surface area contributed by atoms with Gasteiger partial charge in [-0.1, -0.05) is 13.8 Å². The first-order valence-electron chi connectivity index (χ1n) is 5.68. The van der Waals surface area contributed by atoms with E-state index in [0.717, 1.165) is 17.9 Å². The maximum Gasteiger partial charge on any atom is 0.127 e. The van der Waals surface area contributed by atoms with E-state index >= 15 is 0 Å². The summed E-state index contributed by atoms with van der Waals surface area (Å²) in [5, 5.41) is 15.4. The molecule has 1 unspecified atom stereocenters. The minimum atomic E-state index is 0.208. The van der Waals surface area contributed by atoms with E-state index in [-0.39, 0.29) is 12.6 Å². The summed E-state index contributed by atoms with van der Waals surface area (Å²) in [6.07, 6.45) is 2.53. The van der Waals surface area contributed by atoms with Crippen molar-refractivity contribution < 1.29 is 5.11 Å². The molecule has 0 aromatic carbocycles. The Balaban J connectivity index is 2.68. The topological polar surface area (TPSA) is 57.2 Å². The fourth-order valence-corrected chi connectivity index (χ4v) is 1.58. The molecule has 0 fully saturated rings. The zero-order chi connectivity index (χ0) is 12.0. The summed E-state index contributed by atoms with van der Waals surface area (Å²) in [5.41, 5.74) is 1.03. The lowest BCUT2D eigenvalue weighted by Gasteiger charge is -2.22. The molecule has 1 aromatic rings. The van der Waals surface area contributed by atoms with E-state index in [1.165, 1.54) is 0 Å². The molecule has 0 bridgehead atoms. The largest absolute Gasteiger partial charge is 0.396 e. The summed E-state index contributed by atoms with van der Waals surface area (Å²) < 4.78 is 0. The van der Waals surface area contributed by atoms with E-state index in [2.05, 4.69) is 29.5 Å². The molecule has 1 atom stereocenters. The van der Waals surface area contributed by atoms with Crippen molar-refractivity contribution in [2.45, 2.75) is 26.3 Å². The van der Waals surface area contributed by atoms with Crippen LogP contribution in [-0.2, 0) is 0 Å². The molecule has 90 valence electrons. The SMILES string of the molecule is CNc1cc(NC(CCO)C(C)C)ccn1. The summed E-state index contributed by atoms with van der Waals surface area (Å²) in [4.78, 5) is 4.16. The van der Waals surface area contributed by atoms with Crippen LogP contribution < -0.4 is 10.6 Å². The maximum atomic E-state index is 9.00. The first-order valence-corrected chi connectivity index (χ1v) is 5.68. The molecule has 1 heterocycles. The van der Waals surface area contributed by atoms with E-state index in [1.54, 1.807) is 6.20 Å². The first kappa shape index (κ1) is 12.8. The standard InChI is InChI=1S/C12H21N3O/c1-9(2)11(5-7-16)15-10-4-6-14-12(8-10)13-3/h4,6,8-9,11,16H,5,7H2,1-3H3,(H2,13,14,15). The molecule has 4 heteroatoms. The zero-order valence-electron chi connectivity index (χ0n) is 10.2.